The van der Waals surface area contributed by atoms with Crippen LogP contribution in [0.3, 0.4) is 0 Å². The summed E-state index contributed by atoms with van der Waals surface area (Å²) >= 11 is 3.06. The van der Waals surface area contributed by atoms with Gasteiger partial charge < -0.3 is 10.0 Å². The van der Waals surface area contributed by atoms with Crippen molar-refractivity contribution >= 4 is 33.5 Å². The normalized spacial score (nSPS) is 19.8. The fraction of sp³-hybridized carbons (Fsp3) is 0.273. The molecule has 0 saturated carbocycles. The van der Waals surface area contributed by atoms with Crippen LogP contribution in [0.2, 0.25) is 0 Å². The number of benzene rings is 1. The Balaban J connectivity index is 2.32. The molecule has 1 aromatic rings. The lowest BCUT2D eigenvalue weighted by Crippen LogP contribution is -2.26. The van der Waals surface area contributed by atoms with Crippen LogP contribution in [0, 0.1) is 11.7 Å². The molecule has 1 aromatic carbocycles. The van der Waals surface area contributed by atoms with Crippen LogP contribution in [0.15, 0.2) is 22.7 Å². The van der Waals surface area contributed by atoms with E-state index in [1.54, 1.807) is 6.07 Å². The number of nitrogens with zero attached hydrogens (tertiary/aromatic N) is 1. The minimum atomic E-state index is -1.01. The average Bonchev–Trinajstić information content (AvgIpc) is 2.65. The molecule has 0 spiro atoms. The van der Waals surface area contributed by atoms with Gasteiger partial charge in [-0.2, -0.15) is 0 Å². The zero-order valence-corrected chi connectivity index (χ0v) is 10.3. The molecule has 1 aliphatic heterocycles. The van der Waals surface area contributed by atoms with Gasteiger partial charge in [0.15, 0.2) is 0 Å². The second-order valence-corrected chi connectivity index (χ2v) is 4.61. The first-order valence-corrected chi connectivity index (χ1v) is 5.77. The number of aliphatic carboxylic acids is 1. The van der Waals surface area contributed by atoms with Gasteiger partial charge >= 0.3 is 5.97 Å². The zero-order chi connectivity index (χ0) is 12.6. The quantitative estimate of drug-likeness (QED) is 0.909. The minimum Gasteiger partial charge on any atom is -0.481 e. The lowest BCUT2D eigenvalue weighted by Gasteiger charge is -2.17. The zero-order valence-electron chi connectivity index (χ0n) is 8.69. The van der Waals surface area contributed by atoms with Crippen LogP contribution in [0.1, 0.15) is 6.42 Å². The third-order valence-corrected chi connectivity index (χ3v) is 3.48. The maximum atomic E-state index is 13.3. The Labute approximate surface area is 105 Å². The number of carboxylic acids is 1. The number of carboxylic acid groups (broad SMARTS) is 1. The smallest absolute Gasteiger partial charge is 0.308 e. The molecule has 1 N–H and O–H groups in total. The molecule has 1 saturated heterocycles. The molecule has 1 aliphatic rings. The molecule has 17 heavy (non-hydrogen) atoms. The highest BCUT2D eigenvalue weighted by Gasteiger charge is 2.36. The Morgan fingerprint density at radius 1 is 1.53 bits per heavy atom. The van der Waals surface area contributed by atoms with Gasteiger partial charge in [-0.25, -0.2) is 4.39 Å². The van der Waals surface area contributed by atoms with Gasteiger partial charge in [-0.15, -0.1) is 0 Å². The Bertz CT molecular complexity index is 492. The largest absolute Gasteiger partial charge is 0.481 e. The monoisotopic (exact) mass is 301 g/mol. The molecule has 2 rings (SSSR count). The lowest BCUT2D eigenvalue weighted by atomic mass is 10.1. The average molecular weight is 302 g/mol. The van der Waals surface area contributed by atoms with Crippen LogP contribution in [0.5, 0.6) is 0 Å². The number of anilines is 1. The summed E-state index contributed by atoms with van der Waals surface area (Å²) in [6.07, 6.45) is -0.0434. The predicted molar refractivity (Wildman–Crippen MR) is 62.2 cm³/mol. The van der Waals surface area contributed by atoms with Gasteiger partial charge in [0.2, 0.25) is 5.91 Å². The summed E-state index contributed by atoms with van der Waals surface area (Å²) in [6, 6.07) is 4.33. The fourth-order valence-corrected chi connectivity index (χ4v) is 2.29. The van der Waals surface area contributed by atoms with Crippen molar-refractivity contribution in [3.63, 3.8) is 0 Å². The van der Waals surface area contributed by atoms with Crippen LogP contribution in [-0.4, -0.2) is 23.5 Å². The van der Waals surface area contributed by atoms with Crippen LogP contribution < -0.4 is 4.90 Å². The molecule has 90 valence electrons. The molecular weight excluding hydrogens is 293 g/mol. The Morgan fingerprint density at radius 2 is 2.24 bits per heavy atom. The van der Waals surface area contributed by atoms with Crippen LogP contribution in [-0.2, 0) is 9.59 Å². The Morgan fingerprint density at radius 3 is 2.82 bits per heavy atom. The van der Waals surface area contributed by atoms with Crippen molar-refractivity contribution in [3.8, 4) is 0 Å². The molecule has 0 aliphatic carbocycles. The summed E-state index contributed by atoms with van der Waals surface area (Å²) in [5.41, 5.74) is 0.374. The molecule has 6 heteroatoms. The van der Waals surface area contributed by atoms with Gasteiger partial charge in [0.05, 0.1) is 16.1 Å². The van der Waals surface area contributed by atoms with Crippen molar-refractivity contribution in [2.45, 2.75) is 6.42 Å². The van der Waals surface area contributed by atoms with Crippen molar-refractivity contribution in [2.24, 2.45) is 5.92 Å². The lowest BCUT2D eigenvalue weighted by molar-refractivity contribution is -0.141. The van der Waals surface area contributed by atoms with Gasteiger partial charge in [-0.3, -0.25) is 9.59 Å². The van der Waals surface area contributed by atoms with Gasteiger partial charge in [-0.1, -0.05) is 6.07 Å². The SMILES string of the molecule is O=C(O)C1CC(=O)N(c2cccc(F)c2Br)C1. The minimum absolute atomic E-state index is 0.0434. The Hall–Kier alpha value is -1.43. The first-order chi connectivity index (χ1) is 8.00. The van der Waals surface area contributed by atoms with Crippen molar-refractivity contribution in [2.75, 3.05) is 11.4 Å². The van der Waals surface area contributed by atoms with Crippen molar-refractivity contribution in [3.05, 3.63) is 28.5 Å². The van der Waals surface area contributed by atoms with Crippen molar-refractivity contribution in [1.29, 1.82) is 0 Å². The van der Waals surface area contributed by atoms with E-state index in [2.05, 4.69) is 15.9 Å². The van der Waals surface area contributed by atoms with Crippen LogP contribution in [0.4, 0.5) is 10.1 Å². The first kappa shape index (κ1) is 12.0. The van der Waals surface area contributed by atoms with Gasteiger partial charge in [-0.05, 0) is 28.1 Å². The van der Waals surface area contributed by atoms with Crippen molar-refractivity contribution < 1.29 is 19.1 Å². The summed E-state index contributed by atoms with van der Waals surface area (Å²) < 4.78 is 13.5. The van der Waals surface area contributed by atoms with Gasteiger partial charge in [0.25, 0.3) is 0 Å². The van der Waals surface area contributed by atoms with E-state index < -0.39 is 17.7 Å². The molecule has 1 amide bonds. The van der Waals surface area contributed by atoms with E-state index in [-0.39, 0.29) is 23.3 Å². The molecule has 0 aromatic heterocycles. The third-order valence-electron chi connectivity index (χ3n) is 2.70. The van der Waals surface area contributed by atoms with Crippen molar-refractivity contribution in [1.82, 2.24) is 0 Å². The summed E-state index contributed by atoms with van der Waals surface area (Å²) in [7, 11) is 0. The summed E-state index contributed by atoms with van der Waals surface area (Å²) in [5, 5.41) is 8.85. The van der Waals surface area contributed by atoms with E-state index in [9.17, 15) is 14.0 Å². The third kappa shape index (κ3) is 2.17. The van der Waals surface area contributed by atoms with Crippen LogP contribution in [0.25, 0.3) is 0 Å². The molecular formula is C11H9BrFNO3. The second-order valence-electron chi connectivity index (χ2n) is 3.82. The Kier molecular flexibility index (Phi) is 3.15. The highest BCUT2D eigenvalue weighted by molar-refractivity contribution is 9.10. The van der Waals surface area contributed by atoms with Gasteiger partial charge in [0.1, 0.15) is 5.82 Å². The number of halogens is 2. The highest BCUT2D eigenvalue weighted by atomic mass is 79.9. The molecule has 1 heterocycles. The maximum absolute atomic E-state index is 13.3. The van der Waals surface area contributed by atoms with E-state index >= 15 is 0 Å². The first-order valence-electron chi connectivity index (χ1n) is 4.98. The van der Waals surface area contributed by atoms with E-state index in [0.717, 1.165) is 0 Å². The van der Waals surface area contributed by atoms with E-state index in [1.807, 2.05) is 0 Å². The summed E-state index contributed by atoms with van der Waals surface area (Å²) in [5.74, 6) is -2.51. The molecule has 1 unspecified atom stereocenters. The van der Waals surface area contributed by atoms with Gasteiger partial charge in [0, 0.05) is 13.0 Å². The molecule has 0 bridgehead atoms. The van der Waals surface area contributed by atoms with E-state index in [1.165, 1.54) is 17.0 Å². The number of hydrogen-bond acceptors (Lipinski definition) is 2. The second kappa shape index (κ2) is 4.44. The van der Waals surface area contributed by atoms with E-state index in [4.69, 9.17) is 5.11 Å². The fourth-order valence-electron chi connectivity index (χ4n) is 1.81. The number of carbonyl (C=O) groups is 2. The predicted octanol–water partition coefficient (Wildman–Crippen LogP) is 2.03. The van der Waals surface area contributed by atoms with E-state index in [0.29, 0.717) is 5.69 Å². The number of amides is 1. The number of rotatable bonds is 2. The molecule has 4 nitrogen and oxygen atoms in total. The molecule has 1 atom stereocenters. The number of carbonyl (C=O) groups excluding carboxylic acids is 1. The maximum Gasteiger partial charge on any atom is 0.308 e. The number of hydrogen-bond donors (Lipinski definition) is 1. The van der Waals surface area contributed by atoms with Crippen LogP contribution >= 0.6 is 15.9 Å². The molecule has 1 fully saturated rings. The highest BCUT2D eigenvalue weighted by Crippen LogP contribution is 2.33. The summed E-state index contributed by atoms with van der Waals surface area (Å²) in [4.78, 5) is 23.8. The summed E-state index contributed by atoms with van der Waals surface area (Å²) in [6.45, 7) is 0.0796. The topological polar surface area (TPSA) is 57.6 Å². The standard InChI is InChI=1S/C11H9BrFNO3/c12-10-7(13)2-1-3-8(10)14-5-6(11(16)17)4-9(14)15/h1-3,6H,4-5H2,(H,16,17). The molecule has 0 radical (unpaired) electrons.